The second kappa shape index (κ2) is 11.2. The highest BCUT2D eigenvalue weighted by molar-refractivity contribution is 7.18. The lowest BCUT2D eigenvalue weighted by molar-refractivity contribution is -0.116. The van der Waals surface area contributed by atoms with Crippen LogP contribution in [0.3, 0.4) is 0 Å². The molecule has 0 unspecified atom stereocenters. The lowest BCUT2D eigenvalue weighted by Gasteiger charge is -2.34. The van der Waals surface area contributed by atoms with Crippen molar-refractivity contribution < 1.29 is 18.7 Å². The molecule has 34 heavy (non-hydrogen) atoms. The molecule has 9 heteroatoms. The van der Waals surface area contributed by atoms with Gasteiger partial charge in [-0.3, -0.25) is 9.59 Å². The number of anilines is 1. The quantitative estimate of drug-likeness (QED) is 0.480. The number of nitrogens with one attached hydrogen (secondary N) is 1. The molecule has 7 nitrogen and oxygen atoms in total. The number of carbonyl (C=O) groups excluding carboxylic acids is 2. The first-order valence-corrected chi connectivity index (χ1v) is 12.2. The maximum Gasteiger partial charge on any atom is 0.257 e. The second-order valence-corrected chi connectivity index (χ2v) is 9.19. The molecule has 0 bridgehead atoms. The summed E-state index contributed by atoms with van der Waals surface area (Å²) in [6.07, 6.45) is 4.99. The maximum atomic E-state index is 14.3. The molecule has 0 atom stereocenters. The fourth-order valence-electron chi connectivity index (χ4n) is 4.18. The van der Waals surface area contributed by atoms with Gasteiger partial charge in [0.15, 0.2) is 0 Å². The lowest BCUT2D eigenvalue weighted by atomic mass is 9.93. The van der Waals surface area contributed by atoms with Crippen molar-refractivity contribution in [1.82, 2.24) is 15.1 Å². The Morgan fingerprint density at radius 3 is 2.68 bits per heavy atom. The summed E-state index contributed by atoms with van der Waals surface area (Å²) in [5.74, 6) is -0.471. The first-order chi connectivity index (χ1) is 16.5. The molecule has 2 aromatic carbocycles. The van der Waals surface area contributed by atoms with E-state index in [1.165, 1.54) is 23.5 Å². The van der Waals surface area contributed by atoms with Crippen LogP contribution in [0.4, 0.5) is 9.52 Å². The molecule has 1 aromatic heterocycles. The minimum Gasteiger partial charge on any atom is -0.497 e. The molecule has 2 amide bonds. The number of amides is 2. The van der Waals surface area contributed by atoms with Crippen molar-refractivity contribution in [2.75, 3.05) is 19.0 Å². The number of benzene rings is 2. The average Bonchev–Trinajstić information content (AvgIpc) is 3.33. The van der Waals surface area contributed by atoms with Crippen LogP contribution in [0.1, 0.15) is 48.9 Å². The van der Waals surface area contributed by atoms with E-state index in [4.69, 9.17) is 4.74 Å². The normalized spacial score (nSPS) is 13.9. The fraction of sp³-hybridized carbons (Fsp3) is 0.360. The molecule has 3 aromatic rings. The Bertz CT molecular complexity index is 1150. The standard InChI is InChI=1S/C25H27FN4O3S/c1-33-19-11-7-8-17(16-19)23-28-29-25(34-23)27-22(31)14-15-30(18-9-3-2-4-10-18)24(32)20-12-5-6-13-21(20)26/h5-8,11-13,16,18H,2-4,9-10,14-15H2,1H3,(H,27,29,31). The van der Waals surface area contributed by atoms with Crippen molar-refractivity contribution in [3.63, 3.8) is 0 Å². The van der Waals surface area contributed by atoms with Crippen LogP contribution in [-0.4, -0.2) is 46.6 Å². The molecule has 4 rings (SSSR count). The lowest BCUT2D eigenvalue weighted by Crippen LogP contribution is -2.43. The van der Waals surface area contributed by atoms with Crippen molar-refractivity contribution in [3.05, 3.63) is 59.9 Å². The van der Waals surface area contributed by atoms with Gasteiger partial charge < -0.3 is 15.0 Å². The van der Waals surface area contributed by atoms with Crippen LogP contribution in [0.15, 0.2) is 48.5 Å². The van der Waals surface area contributed by atoms with E-state index in [-0.39, 0.29) is 36.4 Å². The minimum absolute atomic E-state index is 0.00912. The maximum absolute atomic E-state index is 14.3. The molecule has 1 N–H and O–H groups in total. The fourth-order valence-corrected chi connectivity index (χ4v) is 4.94. The molecule has 178 valence electrons. The zero-order valence-corrected chi connectivity index (χ0v) is 19.8. The summed E-state index contributed by atoms with van der Waals surface area (Å²) in [5.41, 5.74) is 0.886. The van der Waals surface area contributed by atoms with Crippen molar-refractivity contribution in [3.8, 4) is 16.3 Å². The largest absolute Gasteiger partial charge is 0.497 e. The van der Waals surface area contributed by atoms with Crippen molar-refractivity contribution >= 4 is 28.3 Å². The van der Waals surface area contributed by atoms with Crippen LogP contribution in [0, 0.1) is 5.82 Å². The smallest absolute Gasteiger partial charge is 0.257 e. The third-order valence-electron chi connectivity index (χ3n) is 5.95. The molecule has 1 fully saturated rings. The van der Waals surface area contributed by atoms with Gasteiger partial charge in [0.2, 0.25) is 11.0 Å². The molecule has 1 saturated carbocycles. The Morgan fingerprint density at radius 2 is 1.91 bits per heavy atom. The first kappa shape index (κ1) is 23.8. The molecule has 0 spiro atoms. The number of carbonyl (C=O) groups is 2. The summed E-state index contributed by atoms with van der Waals surface area (Å²) in [4.78, 5) is 27.5. The highest BCUT2D eigenvalue weighted by atomic mass is 32.1. The monoisotopic (exact) mass is 482 g/mol. The van der Waals surface area contributed by atoms with Crippen LogP contribution < -0.4 is 10.1 Å². The Kier molecular flexibility index (Phi) is 7.84. The van der Waals surface area contributed by atoms with Gasteiger partial charge in [0.1, 0.15) is 16.6 Å². The predicted molar refractivity (Wildman–Crippen MR) is 129 cm³/mol. The Hall–Kier alpha value is -3.33. The van der Waals surface area contributed by atoms with E-state index in [0.717, 1.165) is 37.7 Å². The van der Waals surface area contributed by atoms with Gasteiger partial charge in [-0.2, -0.15) is 0 Å². The molecular weight excluding hydrogens is 455 g/mol. The Labute approximate surface area is 202 Å². The van der Waals surface area contributed by atoms with Gasteiger partial charge in [-0.05, 0) is 37.1 Å². The van der Waals surface area contributed by atoms with Crippen LogP contribution >= 0.6 is 11.3 Å². The third kappa shape index (κ3) is 5.77. The molecule has 1 aliphatic carbocycles. The summed E-state index contributed by atoms with van der Waals surface area (Å²) in [6.45, 7) is 0.214. The average molecular weight is 483 g/mol. The van der Waals surface area contributed by atoms with Crippen LogP contribution in [-0.2, 0) is 4.79 Å². The topological polar surface area (TPSA) is 84.4 Å². The SMILES string of the molecule is COc1cccc(-c2nnc(NC(=O)CCN(C(=O)c3ccccc3F)C3CCCCC3)s2)c1. The van der Waals surface area contributed by atoms with Crippen LogP contribution in [0.5, 0.6) is 5.75 Å². The first-order valence-electron chi connectivity index (χ1n) is 11.4. The summed E-state index contributed by atoms with van der Waals surface area (Å²) in [6, 6.07) is 13.4. The van der Waals surface area contributed by atoms with E-state index in [9.17, 15) is 14.0 Å². The zero-order chi connectivity index (χ0) is 23.9. The van der Waals surface area contributed by atoms with Gasteiger partial charge in [-0.15, -0.1) is 10.2 Å². The van der Waals surface area contributed by atoms with Gasteiger partial charge in [-0.1, -0.05) is 54.9 Å². The number of nitrogens with zero attached hydrogens (tertiary/aromatic N) is 3. The van der Waals surface area contributed by atoms with Crippen molar-refractivity contribution in [2.24, 2.45) is 0 Å². The Morgan fingerprint density at radius 1 is 1.12 bits per heavy atom. The molecule has 0 radical (unpaired) electrons. The van der Waals surface area contributed by atoms with Gasteiger partial charge in [-0.25, -0.2) is 4.39 Å². The van der Waals surface area contributed by atoms with Gasteiger partial charge in [0.25, 0.3) is 5.91 Å². The van der Waals surface area contributed by atoms with Crippen LogP contribution in [0.2, 0.25) is 0 Å². The van der Waals surface area contributed by atoms with Crippen LogP contribution in [0.25, 0.3) is 10.6 Å². The zero-order valence-electron chi connectivity index (χ0n) is 19.0. The molecule has 0 aliphatic heterocycles. The molecule has 1 aliphatic rings. The van der Waals surface area contributed by atoms with E-state index < -0.39 is 5.82 Å². The van der Waals surface area contributed by atoms with Gasteiger partial charge >= 0.3 is 0 Å². The molecular formula is C25H27FN4O3S. The van der Waals surface area contributed by atoms with E-state index in [0.29, 0.717) is 15.9 Å². The second-order valence-electron chi connectivity index (χ2n) is 8.21. The van der Waals surface area contributed by atoms with Crippen molar-refractivity contribution in [1.29, 1.82) is 0 Å². The number of methoxy groups -OCH3 is 1. The number of hydrogen-bond acceptors (Lipinski definition) is 6. The number of hydrogen-bond donors (Lipinski definition) is 1. The number of rotatable bonds is 8. The Balaban J connectivity index is 1.41. The summed E-state index contributed by atoms with van der Waals surface area (Å²) in [5, 5.41) is 12.0. The molecule has 0 saturated heterocycles. The van der Waals surface area contributed by atoms with E-state index in [1.54, 1.807) is 24.1 Å². The van der Waals surface area contributed by atoms with E-state index in [1.807, 2.05) is 24.3 Å². The highest BCUT2D eigenvalue weighted by Gasteiger charge is 2.28. The van der Waals surface area contributed by atoms with E-state index in [2.05, 4.69) is 15.5 Å². The summed E-state index contributed by atoms with van der Waals surface area (Å²) in [7, 11) is 1.60. The summed E-state index contributed by atoms with van der Waals surface area (Å²) < 4.78 is 19.5. The summed E-state index contributed by atoms with van der Waals surface area (Å²) >= 11 is 1.26. The van der Waals surface area contributed by atoms with Crippen molar-refractivity contribution in [2.45, 2.75) is 44.6 Å². The van der Waals surface area contributed by atoms with Gasteiger partial charge in [0, 0.05) is 24.6 Å². The number of ether oxygens (including phenoxy) is 1. The molecule has 1 heterocycles. The number of aromatic nitrogens is 2. The highest BCUT2D eigenvalue weighted by Crippen LogP contribution is 2.29. The van der Waals surface area contributed by atoms with Gasteiger partial charge in [0.05, 0.1) is 12.7 Å². The minimum atomic E-state index is -0.545. The van der Waals surface area contributed by atoms with E-state index >= 15 is 0 Å². The number of halogens is 1. The predicted octanol–water partition coefficient (Wildman–Crippen LogP) is 5.16. The third-order valence-corrected chi connectivity index (χ3v) is 6.84.